The zero-order valence-corrected chi connectivity index (χ0v) is 27.3. The van der Waals surface area contributed by atoms with Crippen LogP contribution < -0.4 is 5.32 Å². The molecule has 0 bridgehead atoms. The zero-order chi connectivity index (χ0) is 31.3. The maximum absolute atomic E-state index is 12.4. The number of hydrogen-bond acceptors (Lipinski definition) is 5. The molecule has 0 aliphatic carbocycles. The Morgan fingerprint density at radius 2 is 1.07 bits per heavy atom. The molecule has 1 amide bonds. The molecule has 0 fully saturated rings. The molecule has 42 heavy (non-hydrogen) atoms. The van der Waals surface area contributed by atoms with Gasteiger partial charge in [0.2, 0.25) is 5.91 Å². The van der Waals surface area contributed by atoms with Gasteiger partial charge in [-0.1, -0.05) is 120 Å². The fourth-order valence-corrected chi connectivity index (χ4v) is 5.22. The molecule has 0 saturated carbocycles. The molecule has 0 radical (unpaired) electrons. The molecule has 4 N–H and O–H groups in total. The summed E-state index contributed by atoms with van der Waals surface area (Å²) in [6.45, 7) is 4.41. The molecule has 3 unspecified atom stereocenters. The monoisotopic (exact) mass is 611 g/mol. The van der Waals surface area contributed by atoms with Crippen molar-refractivity contribution in [3.05, 3.63) is 48.6 Å². The summed E-state index contributed by atoms with van der Waals surface area (Å²) in [5, 5.41) is 23.0. The number of unbranched alkanes of at least 4 members (excludes halogenated alkanes) is 13. The van der Waals surface area contributed by atoms with E-state index < -0.39 is 40.0 Å². The van der Waals surface area contributed by atoms with Gasteiger partial charge in [0, 0.05) is 0 Å². The number of aliphatic hydroxyl groups is 2. The lowest BCUT2D eigenvalue weighted by Gasteiger charge is -2.22. The van der Waals surface area contributed by atoms with Crippen LogP contribution in [0.5, 0.6) is 0 Å². The van der Waals surface area contributed by atoms with E-state index in [1.54, 1.807) is 6.08 Å². The minimum Gasteiger partial charge on any atom is -0.387 e. The smallest absolute Gasteiger partial charge is 0.267 e. The highest BCUT2D eigenvalue weighted by atomic mass is 32.2. The fraction of sp³-hybridized carbons (Fsp3) is 0.735. The van der Waals surface area contributed by atoms with Crippen molar-refractivity contribution >= 4 is 16.0 Å². The third-order valence-corrected chi connectivity index (χ3v) is 7.85. The van der Waals surface area contributed by atoms with E-state index in [2.05, 4.69) is 43.5 Å². The van der Waals surface area contributed by atoms with Crippen molar-refractivity contribution in [2.75, 3.05) is 5.75 Å². The van der Waals surface area contributed by atoms with Crippen LogP contribution in [0.1, 0.15) is 136 Å². The van der Waals surface area contributed by atoms with Gasteiger partial charge in [0.15, 0.2) is 0 Å². The van der Waals surface area contributed by atoms with Crippen LogP contribution >= 0.6 is 0 Å². The van der Waals surface area contributed by atoms with Gasteiger partial charge in [0.1, 0.15) is 6.10 Å². The highest BCUT2D eigenvalue weighted by molar-refractivity contribution is 7.85. The molecule has 0 aliphatic heterocycles. The van der Waals surface area contributed by atoms with Crippen LogP contribution in [0.4, 0.5) is 0 Å². The van der Waals surface area contributed by atoms with Gasteiger partial charge in [-0.25, -0.2) is 0 Å². The van der Waals surface area contributed by atoms with Crippen LogP contribution in [0.15, 0.2) is 48.6 Å². The molecule has 8 heteroatoms. The second kappa shape index (κ2) is 28.1. The molecule has 0 aromatic carbocycles. The Labute approximate surface area is 257 Å². The SMILES string of the molecule is CCCCCC/C=C\CCC(O)C(=O)NC(CS(=O)(=O)O)C(O)/C=C/CC/C=C/CC/C=C/CCCCCCCCC. The quantitative estimate of drug-likeness (QED) is 0.0407. The summed E-state index contributed by atoms with van der Waals surface area (Å²) in [5.74, 6) is -1.62. The fourth-order valence-electron chi connectivity index (χ4n) is 4.49. The number of aliphatic hydroxyl groups excluding tert-OH is 2. The van der Waals surface area contributed by atoms with Crippen molar-refractivity contribution in [3.63, 3.8) is 0 Å². The predicted octanol–water partition coefficient (Wildman–Crippen LogP) is 7.76. The van der Waals surface area contributed by atoms with Gasteiger partial charge in [0.25, 0.3) is 10.1 Å². The largest absolute Gasteiger partial charge is 0.387 e. The lowest BCUT2D eigenvalue weighted by molar-refractivity contribution is -0.130. The van der Waals surface area contributed by atoms with Crippen molar-refractivity contribution in [1.82, 2.24) is 5.32 Å². The molecule has 244 valence electrons. The number of amides is 1. The van der Waals surface area contributed by atoms with Crippen LogP contribution in [0, 0.1) is 0 Å². The van der Waals surface area contributed by atoms with Crippen molar-refractivity contribution < 1.29 is 28.0 Å². The molecule has 0 saturated heterocycles. The van der Waals surface area contributed by atoms with Gasteiger partial charge < -0.3 is 15.5 Å². The highest BCUT2D eigenvalue weighted by Gasteiger charge is 2.27. The molecule has 3 atom stereocenters. The van der Waals surface area contributed by atoms with Gasteiger partial charge in [-0.15, -0.1) is 0 Å². The summed E-state index contributed by atoms with van der Waals surface area (Å²) < 4.78 is 32.2. The van der Waals surface area contributed by atoms with Crippen molar-refractivity contribution in [3.8, 4) is 0 Å². The number of rotatable bonds is 28. The molecule has 0 aromatic heterocycles. The molecule has 0 aliphatic rings. The van der Waals surface area contributed by atoms with Crippen LogP contribution in [-0.2, 0) is 14.9 Å². The Hall–Kier alpha value is -1.74. The highest BCUT2D eigenvalue weighted by Crippen LogP contribution is 2.10. The standard InChI is InChI=1S/C34H61NO6S/c1-3-5-7-9-11-13-14-15-16-17-18-19-20-21-23-24-26-28-32(36)31(30-42(39,40)41)35-34(38)33(37)29-27-25-22-12-10-8-6-4-2/h16-17,20-22,25-26,28,31-33,36-37H,3-15,18-19,23-24,27,29-30H2,1-2H3,(H,35,38)(H,39,40,41)/b17-16+,21-20+,25-22-,28-26+. The Bertz CT molecular complexity index is 865. The average molecular weight is 612 g/mol. The Balaban J connectivity index is 4.31. The van der Waals surface area contributed by atoms with Gasteiger partial charge in [-0.2, -0.15) is 8.42 Å². The lowest BCUT2D eigenvalue weighted by Crippen LogP contribution is -2.50. The average Bonchev–Trinajstić information content (AvgIpc) is 2.94. The van der Waals surface area contributed by atoms with E-state index in [1.807, 2.05) is 12.2 Å². The van der Waals surface area contributed by atoms with E-state index in [4.69, 9.17) is 0 Å². The van der Waals surface area contributed by atoms with Crippen molar-refractivity contribution in [1.29, 1.82) is 0 Å². The summed E-state index contributed by atoms with van der Waals surface area (Å²) in [6.07, 6.45) is 33.4. The third-order valence-electron chi connectivity index (χ3n) is 7.07. The third kappa shape index (κ3) is 27.1. The number of carbonyl (C=O) groups is 1. The van der Waals surface area contributed by atoms with Crippen LogP contribution in [0.25, 0.3) is 0 Å². The maximum atomic E-state index is 12.4. The van der Waals surface area contributed by atoms with E-state index >= 15 is 0 Å². The topological polar surface area (TPSA) is 124 Å². The summed E-state index contributed by atoms with van der Waals surface area (Å²) in [4.78, 5) is 12.4. The minimum absolute atomic E-state index is 0.184. The molecule has 0 heterocycles. The second-order valence-electron chi connectivity index (χ2n) is 11.2. The molecular weight excluding hydrogens is 550 g/mol. The molecule has 0 spiro atoms. The number of hydrogen-bond donors (Lipinski definition) is 4. The first-order valence-corrected chi connectivity index (χ1v) is 18.1. The zero-order valence-electron chi connectivity index (χ0n) is 26.5. The minimum atomic E-state index is -4.45. The first kappa shape index (κ1) is 40.3. The van der Waals surface area contributed by atoms with Crippen LogP contribution in [0.2, 0.25) is 0 Å². The molecule has 0 aromatic rings. The Kier molecular flexibility index (Phi) is 26.9. The predicted molar refractivity (Wildman–Crippen MR) is 176 cm³/mol. The Morgan fingerprint density at radius 3 is 1.60 bits per heavy atom. The number of nitrogens with one attached hydrogen (secondary N) is 1. The first-order chi connectivity index (χ1) is 20.2. The van der Waals surface area contributed by atoms with E-state index in [9.17, 15) is 28.0 Å². The van der Waals surface area contributed by atoms with Crippen LogP contribution in [0.3, 0.4) is 0 Å². The summed E-state index contributed by atoms with van der Waals surface area (Å²) in [5.41, 5.74) is 0. The van der Waals surface area contributed by atoms with Gasteiger partial charge >= 0.3 is 0 Å². The molecule has 0 rings (SSSR count). The van der Waals surface area contributed by atoms with Crippen molar-refractivity contribution in [2.45, 2.75) is 154 Å². The number of allylic oxidation sites excluding steroid dienone is 7. The second-order valence-corrected chi connectivity index (χ2v) is 12.7. The normalized spacial score (nSPS) is 14.9. The maximum Gasteiger partial charge on any atom is 0.267 e. The van der Waals surface area contributed by atoms with E-state index in [1.165, 1.54) is 70.3 Å². The molecule has 7 nitrogen and oxygen atoms in total. The van der Waals surface area contributed by atoms with Crippen molar-refractivity contribution in [2.24, 2.45) is 0 Å². The van der Waals surface area contributed by atoms with E-state index in [-0.39, 0.29) is 6.42 Å². The summed E-state index contributed by atoms with van der Waals surface area (Å²) in [6, 6.07) is -1.27. The van der Waals surface area contributed by atoms with Gasteiger partial charge in [-0.3, -0.25) is 9.35 Å². The summed E-state index contributed by atoms with van der Waals surface area (Å²) >= 11 is 0. The van der Waals surface area contributed by atoms with E-state index in [0.29, 0.717) is 12.8 Å². The van der Waals surface area contributed by atoms with Crippen LogP contribution in [-0.4, -0.2) is 53.1 Å². The van der Waals surface area contributed by atoms with Gasteiger partial charge in [-0.05, 0) is 64.2 Å². The van der Waals surface area contributed by atoms with Gasteiger partial charge in [0.05, 0.1) is 17.9 Å². The van der Waals surface area contributed by atoms with E-state index in [0.717, 1.165) is 38.5 Å². The first-order valence-electron chi connectivity index (χ1n) is 16.4. The lowest BCUT2D eigenvalue weighted by atomic mass is 10.1. The summed E-state index contributed by atoms with van der Waals surface area (Å²) in [7, 11) is -4.45. The Morgan fingerprint density at radius 1 is 0.643 bits per heavy atom. The number of carbonyl (C=O) groups excluding carboxylic acids is 1. The molecular formula is C34H61NO6S.